The van der Waals surface area contributed by atoms with E-state index in [1.54, 1.807) is 0 Å². The second-order valence-corrected chi connectivity index (χ2v) is 5.19. The van der Waals surface area contributed by atoms with Crippen LogP contribution >= 0.6 is 0 Å². The Balaban J connectivity index is 2.05. The molecular formula is C17H23N3O. The molecule has 0 fully saturated rings. The second-order valence-electron chi connectivity index (χ2n) is 5.19. The summed E-state index contributed by atoms with van der Waals surface area (Å²) in [5, 5.41) is 4.54. The number of rotatable bonds is 7. The molecule has 21 heavy (non-hydrogen) atoms. The molecule has 2 N–H and O–H groups in total. The molecule has 112 valence electrons. The zero-order valence-corrected chi connectivity index (χ0v) is 12.7. The van der Waals surface area contributed by atoms with Gasteiger partial charge in [-0.05, 0) is 49.6 Å². The van der Waals surface area contributed by atoms with Crippen molar-refractivity contribution in [3.63, 3.8) is 0 Å². The van der Waals surface area contributed by atoms with Crippen LogP contribution in [0.2, 0.25) is 0 Å². The summed E-state index contributed by atoms with van der Waals surface area (Å²) < 4.78 is 7.86. The first-order valence-corrected chi connectivity index (χ1v) is 7.30. The van der Waals surface area contributed by atoms with Gasteiger partial charge in [-0.1, -0.05) is 13.0 Å². The summed E-state index contributed by atoms with van der Waals surface area (Å²) in [5.41, 5.74) is 8.52. The highest BCUT2D eigenvalue weighted by atomic mass is 16.5. The van der Waals surface area contributed by atoms with Crippen LogP contribution in [-0.2, 0) is 13.0 Å². The van der Waals surface area contributed by atoms with Crippen LogP contribution in [0.3, 0.4) is 0 Å². The summed E-state index contributed by atoms with van der Waals surface area (Å²) in [7, 11) is 0. The Morgan fingerprint density at radius 2 is 2.24 bits per heavy atom. The lowest BCUT2D eigenvalue weighted by molar-refractivity contribution is 0.295. The molecule has 0 aliphatic carbocycles. The van der Waals surface area contributed by atoms with Crippen LogP contribution in [0.1, 0.15) is 37.6 Å². The highest BCUT2D eigenvalue weighted by Gasteiger charge is 2.07. The number of aromatic nitrogens is 2. The van der Waals surface area contributed by atoms with E-state index in [9.17, 15) is 0 Å². The molecule has 4 nitrogen and oxygen atoms in total. The van der Waals surface area contributed by atoms with Gasteiger partial charge in [-0.25, -0.2) is 0 Å². The third-order valence-corrected chi connectivity index (χ3v) is 3.53. The third kappa shape index (κ3) is 3.88. The Hall–Kier alpha value is -2.23. The maximum atomic E-state index is 5.88. The van der Waals surface area contributed by atoms with E-state index in [1.165, 1.54) is 0 Å². The molecule has 2 aromatic rings. The topological polar surface area (TPSA) is 53.1 Å². The number of hydrogen-bond acceptors (Lipinski definition) is 3. The number of hydrogen-bond donors (Lipinski definition) is 1. The number of anilines is 1. The zero-order valence-electron chi connectivity index (χ0n) is 12.7. The largest absolute Gasteiger partial charge is 0.487 e. The van der Waals surface area contributed by atoms with Crippen LogP contribution in [0.15, 0.2) is 43.1 Å². The fourth-order valence-corrected chi connectivity index (χ4v) is 2.09. The quantitative estimate of drug-likeness (QED) is 0.622. The standard InChI is InChI=1S/C17H23N3O/c1-4-6-14-11-15(18)7-8-17(14)21-12-16-9-10-20(19-16)13(3)5-2/h4,7-11,13H,1,5-6,12,18H2,2-3H3. The molecule has 1 aromatic carbocycles. The number of nitrogens with two attached hydrogens (primary N) is 1. The lowest BCUT2D eigenvalue weighted by Gasteiger charge is -2.11. The lowest BCUT2D eigenvalue weighted by Crippen LogP contribution is -2.06. The summed E-state index contributed by atoms with van der Waals surface area (Å²) in [6.45, 7) is 8.52. The van der Waals surface area contributed by atoms with Crippen molar-refractivity contribution in [1.82, 2.24) is 9.78 Å². The van der Waals surface area contributed by atoms with Gasteiger partial charge in [-0.15, -0.1) is 6.58 Å². The molecular weight excluding hydrogens is 262 g/mol. The number of allylic oxidation sites excluding steroid dienone is 1. The molecule has 4 heteroatoms. The van der Waals surface area contributed by atoms with Gasteiger partial charge in [0.2, 0.25) is 0 Å². The molecule has 2 rings (SSSR count). The number of nitrogen functional groups attached to an aromatic ring is 1. The van der Waals surface area contributed by atoms with E-state index in [4.69, 9.17) is 10.5 Å². The van der Waals surface area contributed by atoms with Crippen LogP contribution in [0.4, 0.5) is 5.69 Å². The van der Waals surface area contributed by atoms with E-state index in [-0.39, 0.29) is 0 Å². The Kier molecular flexibility index (Phi) is 5.04. The Bertz CT molecular complexity index is 604. The molecule has 0 spiro atoms. The lowest BCUT2D eigenvalue weighted by atomic mass is 10.1. The Labute approximate surface area is 126 Å². The molecule has 0 saturated heterocycles. The average molecular weight is 285 g/mol. The van der Waals surface area contributed by atoms with Crippen LogP contribution in [0.25, 0.3) is 0 Å². The maximum absolute atomic E-state index is 5.88. The zero-order chi connectivity index (χ0) is 15.2. The maximum Gasteiger partial charge on any atom is 0.132 e. The van der Waals surface area contributed by atoms with E-state index in [2.05, 4.69) is 25.5 Å². The van der Waals surface area contributed by atoms with Crippen LogP contribution < -0.4 is 10.5 Å². The van der Waals surface area contributed by atoms with Crippen molar-refractivity contribution >= 4 is 5.69 Å². The molecule has 1 heterocycles. The molecule has 1 aromatic heterocycles. The van der Waals surface area contributed by atoms with Crippen LogP contribution in [0.5, 0.6) is 5.75 Å². The highest BCUT2D eigenvalue weighted by Crippen LogP contribution is 2.23. The summed E-state index contributed by atoms with van der Waals surface area (Å²) in [6, 6.07) is 8.08. The minimum atomic E-state index is 0.409. The van der Waals surface area contributed by atoms with Crippen molar-refractivity contribution in [3.8, 4) is 5.75 Å². The fraction of sp³-hybridized carbons (Fsp3) is 0.353. The van der Waals surface area contributed by atoms with E-state index in [1.807, 2.05) is 41.2 Å². The molecule has 0 saturated carbocycles. The minimum Gasteiger partial charge on any atom is -0.487 e. The van der Waals surface area contributed by atoms with E-state index < -0.39 is 0 Å². The van der Waals surface area contributed by atoms with E-state index in [0.717, 1.165) is 35.5 Å². The van der Waals surface area contributed by atoms with Crippen molar-refractivity contribution in [3.05, 3.63) is 54.4 Å². The normalized spacial score (nSPS) is 12.1. The fourth-order valence-electron chi connectivity index (χ4n) is 2.09. The van der Waals surface area contributed by atoms with E-state index >= 15 is 0 Å². The first-order chi connectivity index (χ1) is 10.1. The monoisotopic (exact) mass is 285 g/mol. The molecule has 1 unspecified atom stereocenters. The minimum absolute atomic E-state index is 0.409. The van der Waals surface area contributed by atoms with E-state index in [0.29, 0.717) is 12.6 Å². The SMILES string of the molecule is C=CCc1cc(N)ccc1OCc1ccn(C(C)CC)n1. The molecule has 0 aliphatic rings. The number of ether oxygens (including phenoxy) is 1. The highest BCUT2D eigenvalue weighted by molar-refractivity contribution is 5.48. The predicted molar refractivity (Wildman–Crippen MR) is 86.3 cm³/mol. The summed E-state index contributed by atoms with van der Waals surface area (Å²) in [5.74, 6) is 0.835. The molecule has 0 aliphatic heterocycles. The second kappa shape index (κ2) is 6.97. The van der Waals surface area contributed by atoms with Crippen LogP contribution in [0, 0.1) is 0 Å². The van der Waals surface area contributed by atoms with Gasteiger partial charge in [0, 0.05) is 17.9 Å². The average Bonchev–Trinajstić information content (AvgIpc) is 2.95. The predicted octanol–water partition coefficient (Wildman–Crippen LogP) is 3.74. The molecule has 1 atom stereocenters. The summed E-state index contributed by atoms with van der Waals surface area (Å²) >= 11 is 0. The van der Waals surface area contributed by atoms with Crippen molar-refractivity contribution in [2.75, 3.05) is 5.73 Å². The molecule has 0 bridgehead atoms. The van der Waals surface area contributed by atoms with Crippen molar-refractivity contribution in [1.29, 1.82) is 0 Å². The first-order valence-electron chi connectivity index (χ1n) is 7.30. The van der Waals surface area contributed by atoms with Crippen molar-refractivity contribution in [2.24, 2.45) is 0 Å². The first kappa shape index (κ1) is 15.2. The van der Waals surface area contributed by atoms with Gasteiger partial charge in [-0.2, -0.15) is 5.10 Å². The Morgan fingerprint density at radius 3 is 2.95 bits per heavy atom. The summed E-state index contributed by atoms with van der Waals surface area (Å²) in [6.07, 6.45) is 5.64. The smallest absolute Gasteiger partial charge is 0.132 e. The number of benzene rings is 1. The van der Waals surface area contributed by atoms with Gasteiger partial charge in [-0.3, -0.25) is 4.68 Å². The van der Waals surface area contributed by atoms with Crippen LogP contribution in [-0.4, -0.2) is 9.78 Å². The van der Waals surface area contributed by atoms with Gasteiger partial charge >= 0.3 is 0 Å². The van der Waals surface area contributed by atoms with Crippen molar-refractivity contribution in [2.45, 2.75) is 39.3 Å². The molecule has 0 radical (unpaired) electrons. The van der Waals surface area contributed by atoms with Crippen molar-refractivity contribution < 1.29 is 4.74 Å². The number of nitrogens with zero attached hydrogens (tertiary/aromatic N) is 2. The van der Waals surface area contributed by atoms with Gasteiger partial charge in [0.05, 0.1) is 5.69 Å². The van der Waals surface area contributed by atoms with Gasteiger partial charge in [0.1, 0.15) is 12.4 Å². The molecule has 0 amide bonds. The third-order valence-electron chi connectivity index (χ3n) is 3.53. The van der Waals surface area contributed by atoms with Gasteiger partial charge in [0.15, 0.2) is 0 Å². The van der Waals surface area contributed by atoms with Gasteiger partial charge < -0.3 is 10.5 Å². The Morgan fingerprint density at radius 1 is 1.43 bits per heavy atom. The summed E-state index contributed by atoms with van der Waals surface area (Å²) in [4.78, 5) is 0. The van der Waals surface area contributed by atoms with Gasteiger partial charge in [0.25, 0.3) is 0 Å².